The lowest BCUT2D eigenvalue weighted by atomic mass is 10.1. The quantitative estimate of drug-likeness (QED) is 0.881. The first-order valence-electron chi connectivity index (χ1n) is 7.20. The monoisotopic (exact) mass is 315 g/mol. The summed E-state index contributed by atoms with van der Waals surface area (Å²) in [4.78, 5) is 26.1. The molecule has 0 saturated heterocycles. The third-order valence-electron chi connectivity index (χ3n) is 3.88. The van der Waals surface area contributed by atoms with E-state index in [9.17, 15) is 9.59 Å². The van der Waals surface area contributed by atoms with Crippen LogP contribution < -0.4 is 5.32 Å². The van der Waals surface area contributed by atoms with Crippen molar-refractivity contribution in [3.8, 4) is 0 Å². The number of anilines is 1. The van der Waals surface area contributed by atoms with Crippen LogP contribution >= 0.6 is 11.3 Å². The van der Waals surface area contributed by atoms with Crippen molar-refractivity contribution in [2.24, 2.45) is 0 Å². The molecule has 0 saturated carbocycles. The molecular weight excluding hydrogens is 298 g/mol. The Kier molecular flexibility index (Phi) is 3.98. The number of amides is 1. The largest absolute Gasteiger partial charge is 0.465 e. The van der Waals surface area contributed by atoms with Gasteiger partial charge in [-0.25, -0.2) is 4.79 Å². The van der Waals surface area contributed by atoms with Gasteiger partial charge in [-0.05, 0) is 55.5 Å². The second kappa shape index (κ2) is 5.93. The number of ether oxygens (including phenoxy) is 1. The minimum Gasteiger partial charge on any atom is -0.465 e. The Bertz CT molecular complexity index is 727. The van der Waals surface area contributed by atoms with E-state index < -0.39 is 5.97 Å². The highest BCUT2D eigenvalue weighted by Gasteiger charge is 2.19. The molecular formula is C17H17NO3S. The van der Waals surface area contributed by atoms with Gasteiger partial charge >= 0.3 is 5.97 Å². The average Bonchev–Trinajstić information content (AvgIpc) is 3.10. The number of hydrogen-bond acceptors (Lipinski definition) is 4. The fraction of sp³-hybridized carbons (Fsp3) is 0.294. The standard InChI is InChI=1S/C17H17NO3S/c1-10-6-7-12(17(20)21-2)8-13(10)18-16(19)15-9-11-4-3-5-14(11)22-15/h6-9H,3-5H2,1-2H3,(H,18,19). The highest BCUT2D eigenvalue weighted by atomic mass is 32.1. The Morgan fingerprint density at radius 1 is 1.23 bits per heavy atom. The van der Waals surface area contributed by atoms with Crippen molar-refractivity contribution < 1.29 is 14.3 Å². The molecule has 1 heterocycles. The van der Waals surface area contributed by atoms with Crippen LogP contribution in [0.1, 0.15) is 42.5 Å². The number of esters is 1. The van der Waals surface area contributed by atoms with Gasteiger partial charge in [-0.1, -0.05) is 6.07 Å². The fourth-order valence-electron chi connectivity index (χ4n) is 2.63. The van der Waals surface area contributed by atoms with Gasteiger partial charge in [0.2, 0.25) is 0 Å². The van der Waals surface area contributed by atoms with Crippen molar-refractivity contribution in [3.63, 3.8) is 0 Å². The van der Waals surface area contributed by atoms with Crippen LogP contribution in [-0.2, 0) is 17.6 Å². The molecule has 0 atom stereocenters. The molecule has 22 heavy (non-hydrogen) atoms. The van der Waals surface area contributed by atoms with Crippen molar-refractivity contribution in [1.82, 2.24) is 0 Å². The molecule has 1 amide bonds. The minimum atomic E-state index is -0.411. The maximum Gasteiger partial charge on any atom is 0.337 e. The lowest BCUT2D eigenvalue weighted by Crippen LogP contribution is -2.12. The van der Waals surface area contributed by atoms with Crippen molar-refractivity contribution in [2.75, 3.05) is 12.4 Å². The van der Waals surface area contributed by atoms with Crippen molar-refractivity contribution in [3.05, 3.63) is 50.7 Å². The average molecular weight is 315 g/mol. The zero-order valence-corrected chi connectivity index (χ0v) is 13.4. The molecule has 4 nitrogen and oxygen atoms in total. The van der Waals surface area contributed by atoms with Gasteiger partial charge in [0.1, 0.15) is 0 Å². The van der Waals surface area contributed by atoms with Crippen LogP contribution in [0.5, 0.6) is 0 Å². The summed E-state index contributed by atoms with van der Waals surface area (Å²) >= 11 is 1.57. The molecule has 1 aromatic heterocycles. The van der Waals surface area contributed by atoms with Crippen molar-refractivity contribution >= 4 is 28.9 Å². The molecule has 1 N–H and O–H groups in total. The van der Waals surface area contributed by atoms with Gasteiger partial charge < -0.3 is 10.1 Å². The number of methoxy groups -OCH3 is 1. The number of thiophene rings is 1. The first-order valence-corrected chi connectivity index (χ1v) is 8.02. The molecule has 0 radical (unpaired) electrons. The molecule has 0 fully saturated rings. The van der Waals surface area contributed by atoms with E-state index in [1.807, 2.05) is 13.0 Å². The van der Waals surface area contributed by atoms with Crippen LogP contribution in [0.2, 0.25) is 0 Å². The third kappa shape index (κ3) is 2.76. The molecule has 3 rings (SSSR count). The van der Waals surface area contributed by atoms with E-state index in [2.05, 4.69) is 5.32 Å². The van der Waals surface area contributed by atoms with E-state index in [-0.39, 0.29) is 5.91 Å². The van der Waals surface area contributed by atoms with E-state index in [1.165, 1.54) is 24.0 Å². The summed E-state index contributed by atoms with van der Waals surface area (Å²) < 4.78 is 4.71. The Labute approximate surface area is 133 Å². The molecule has 0 unspecified atom stereocenters. The van der Waals surface area contributed by atoms with Crippen LogP contribution in [0.4, 0.5) is 5.69 Å². The summed E-state index contributed by atoms with van der Waals surface area (Å²) in [6, 6.07) is 7.13. The SMILES string of the molecule is COC(=O)c1ccc(C)c(NC(=O)c2cc3c(s2)CCC3)c1. The Balaban J connectivity index is 1.82. The minimum absolute atomic E-state index is 0.121. The number of rotatable bonds is 3. The highest BCUT2D eigenvalue weighted by molar-refractivity contribution is 7.14. The Hall–Kier alpha value is -2.14. The molecule has 0 aliphatic heterocycles. The number of fused-ring (bicyclic) bond motifs is 1. The second-order valence-corrected chi connectivity index (χ2v) is 6.52. The van der Waals surface area contributed by atoms with E-state index in [4.69, 9.17) is 4.74 Å². The van der Waals surface area contributed by atoms with Crippen LogP contribution in [-0.4, -0.2) is 19.0 Å². The predicted octanol–water partition coefficient (Wildman–Crippen LogP) is 3.58. The molecule has 1 aliphatic rings. The van der Waals surface area contributed by atoms with Crippen LogP contribution in [0.15, 0.2) is 24.3 Å². The van der Waals surface area contributed by atoms with E-state index >= 15 is 0 Å². The summed E-state index contributed by atoms with van der Waals surface area (Å²) in [6.45, 7) is 1.89. The molecule has 1 aliphatic carbocycles. The lowest BCUT2D eigenvalue weighted by Gasteiger charge is -2.09. The fourth-order valence-corrected chi connectivity index (χ4v) is 3.78. The number of benzene rings is 1. The predicted molar refractivity (Wildman–Crippen MR) is 86.8 cm³/mol. The van der Waals surface area contributed by atoms with Crippen LogP contribution in [0.3, 0.4) is 0 Å². The summed E-state index contributed by atoms with van der Waals surface area (Å²) in [6.07, 6.45) is 3.32. The Morgan fingerprint density at radius 2 is 2.05 bits per heavy atom. The van der Waals surface area contributed by atoms with Crippen molar-refractivity contribution in [2.45, 2.75) is 26.2 Å². The van der Waals surface area contributed by atoms with Crippen LogP contribution in [0.25, 0.3) is 0 Å². The Morgan fingerprint density at radius 3 is 2.77 bits per heavy atom. The van der Waals surface area contributed by atoms with Gasteiger partial charge in [-0.3, -0.25) is 4.79 Å². The number of aryl methyl sites for hydroxylation is 3. The smallest absolute Gasteiger partial charge is 0.337 e. The van der Waals surface area contributed by atoms with E-state index in [0.29, 0.717) is 11.3 Å². The summed E-state index contributed by atoms with van der Waals surface area (Å²) in [5, 5.41) is 2.90. The zero-order chi connectivity index (χ0) is 15.7. The number of carbonyl (C=O) groups is 2. The number of hydrogen-bond donors (Lipinski definition) is 1. The molecule has 2 aromatic rings. The number of nitrogens with one attached hydrogen (secondary N) is 1. The first kappa shape index (κ1) is 14.8. The third-order valence-corrected chi connectivity index (χ3v) is 5.11. The summed E-state index contributed by atoms with van der Waals surface area (Å²) in [5.74, 6) is -0.532. The summed E-state index contributed by atoms with van der Waals surface area (Å²) in [5.41, 5.74) is 3.28. The maximum absolute atomic E-state index is 12.4. The van der Waals surface area contributed by atoms with Gasteiger partial charge in [0.15, 0.2) is 0 Å². The molecule has 1 aromatic carbocycles. The summed E-state index contributed by atoms with van der Waals surface area (Å²) in [7, 11) is 1.34. The van der Waals surface area contributed by atoms with E-state index in [0.717, 1.165) is 23.3 Å². The molecule has 0 bridgehead atoms. The van der Waals surface area contributed by atoms with Crippen molar-refractivity contribution in [1.29, 1.82) is 0 Å². The molecule has 5 heteroatoms. The van der Waals surface area contributed by atoms with Gasteiger partial charge in [0.05, 0.1) is 17.6 Å². The molecule has 114 valence electrons. The first-order chi connectivity index (χ1) is 10.6. The van der Waals surface area contributed by atoms with Gasteiger partial charge in [-0.15, -0.1) is 11.3 Å². The van der Waals surface area contributed by atoms with Gasteiger partial charge in [-0.2, -0.15) is 0 Å². The van der Waals surface area contributed by atoms with Gasteiger partial charge in [0, 0.05) is 10.6 Å². The normalized spacial score (nSPS) is 12.8. The van der Waals surface area contributed by atoms with E-state index in [1.54, 1.807) is 29.5 Å². The lowest BCUT2D eigenvalue weighted by molar-refractivity contribution is 0.0600. The van der Waals surface area contributed by atoms with Crippen LogP contribution in [0, 0.1) is 6.92 Å². The molecule has 0 spiro atoms. The maximum atomic E-state index is 12.4. The number of carbonyl (C=O) groups excluding carboxylic acids is 2. The highest BCUT2D eigenvalue weighted by Crippen LogP contribution is 2.31. The second-order valence-electron chi connectivity index (χ2n) is 5.39. The topological polar surface area (TPSA) is 55.4 Å². The zero-order valence-electron chi connectivity index (χ0n) is 12.6. The van der Waals surface area contributed by atoms with Gasteiger partial charge in [0.25, 0.3) is 5.91 Å².